The summed E-state index contributed by atoms with van der Waals surface area (Å²) in [6, 6.07) is 61.8. The van der Waals surface area contributed by atoms with Crippen molar-refractivity contribution in [3.05, 3.63) is 216 Å². The van der Waals surface area contributed by atoms with Gasteiger partial charge in [-0.05, 0) is 63.4 Å². The molecule has 1 spiro atoms. The van der Waals surface area contributed by atoms with E-state index in [9.17, 15) is 0 Å². The molecular weight excluding hydrogens is 695 g/mol. The summed E-state index contributed by atoms with van der Waals surface area (Å²) in [5, 5.41) is 0. The summed E-state index contributed by atoms with van der Waals surface area (Å²) in [6.07, 6.45) is 5.72. The van der Waals surface area contributed by atoms with E-state index in [0.717, 1.165) is 56.9 Å². The fourth-order valence-electron chi connectivity index (χ4n) is 9.20. The normalized spacial score (nSPS) is 17.4. The van der Waals surface area contributed by atoms with Crippen LogP contribution in [0.25, 0.3) is 62.0 Å². The van der Waals surface area contributed by atoms with Crippen LogP contribution < -0.4 is 4.74 Å². The van der Waals surface area contributed by atoms with Gasteiger partial charge in [0.15, 0.2) is 17.5 Å². The average molecular weight is 732 g/mol. The standard InChI is InChI=1S/C53H37N3O/c1-34-26-31-43-42-20-8-9-22-44(42)53(47(43)32-34)45-23-10-11-25-48(45)57-49-41(21-13-24-46(49)53)36-29-27-35(28-30-36)39-18-12-19-40(33-39)52-55-50(37-14-4-2-5-15-37)54-51(56-52)38-16-6-3-7-17-38/h2-31,33-34H,32H2,1H3. The molecular formula is C53H37N3O. The minimum atomic E-state index is -0.429. The van der Waals surface area contributed by atoms with Gasteiger partial charge < -0.3 is 4.74 Å². The Bertz CT molecular complexity index is 2860. The molecule has 7 aromatic carbocycles. The molecule has 0 bridgehead atoms. The predicted octanol–water partition coefficient (Wildman–Crippen LogP) is 13.0. The maximum atomic E-state index is 6.97. The Hall–Kier alpha value is -7.17. The zero-order chi connectivity index (χ0) is 37.9. The number of fused-ring (bicyclic) bond motifs is 8. The fourth-order valence-corrected chi connectivity index (χ4v) is 9.20. The first-order valence-corrected chi connectivity index (χ1v) is 19.7. The van der Waals surface area contributed by atoms with Gasteiger partial charge in [0.2, 0.25) is 0 Å². The summed E-state index contributed by atoms with van der Waals surface area (Å²) in [4.78, 5) is 14.8. The molecule has 2 unspecified atom stereocenters. The van der Waals surface area contributed by atoms with Gasteiger partial charge in [-0.15, -0.1) is 0 Å². The molecule has 2 aliphatic carbocycles. The van der Waals surface area contributed by atoms with Crippen molar-refractivity contribution in [3.63, 3.8) is 0 Å². The number of rotatable bonds is 5. The van der Waals surface area contributed by atoms with E-state index in [1.807, 2.05) is 60.7 Å². The highest BCUT2D eigenvalue weighted by molar-refractivity contribution is 5.93. The van der Waals surface area contributed by atoms with E-state index in [4.69, 9.17) is 19.7 Å². The lowest BCUT2D eigenvalue weighted by Crippen LogP contribution is -2.34. The number of aromatic nitrogens is 3. The van der Waals surface area contributed by atoms with E-state index in [0.29, 0.717) is 23.4 Å². The highest BCUT2D eigenvalue weighted by atomic mass is 16.5. The second kappa shape index (κ2) is 13.2. The lowest BCUT2D eigenvalue weighted by atomic mass is 9.63. The Labute approximate surface area is 332 Å². The van der Waals surface area contributed by atoms with Crippen LogP contribution in [0.3, 0.4) is 0 Å². The van der Waals surface area contributed by atoms with E-state index in [2.05, 4.69) is 134 Å². The van der Waals surface area contributed by atoms with E-state index in [-0.39, 0.29) is 0 Å². The Morgan fingerprint density at radius 1 is 0.474 bits per heavy atom. The quantitative estimate of drug-likeness (QED) is 0.177. The Morgan fingerprint density at radius 3 is 1.75 bits per heavy atom. The Kier molecular flexibility index (Phi) is 7.71. The third-order valence-electron chi connectivity index (χ3n) is 11.8. The van der Waals surface area contributed by atoms with E-state index in [1.54, 1.807) is 0 Å². The van der Waals surface area contributed by atoms with Crippen molar-refractivity contribution >= 4 is 5.57 Å². The highest BCUT2D eigenvalue weighted by Crippen LogP contribution is 2.64. The number of para-hydroxylation sites is 2. The van der Waals surface area contributed by atoms with Crippen LogP contribution in [0.1, 0.15) is 35.6 Å². The van der Waals surface area contributed by atoms with Gasteiger partial charge in [0.1, 0.15) is 11.5 Å². The van der Waals surface area contributed by atoms with Crippen LogP contribution in [0, 0.1) is 5.92 Å². The first-order valence-electron chi connectivity index (χ1n) is 19.7. The molecule has 4 nitrogen and oxygen atoms in total. The van der Waals surface area contributed by atoms with Crippen LogP contribution in [0.4, 0.5) is 0 Å². The molecule has 57 heavy (non-hydrogen) atoms. The number of benzene rings is 7. The molecule has 2 heterocycles. The second-order valence-corrected chi connectivity index (χ2v) is 15.2. The minimum absolute atomic E-state index is 0.429. The van der Waals surface area contributed by atoms with Crippen LogP contribution in [-0.2, 0) is 5.41 Å². The van der Waals surface area contributed by atoms with Crippen LogP contribution in [-0.4, -0.2) is 15.0 Å². The minimum Gasteiger partial charge on any atom is -0.456 e. The molecule has 3 aliphatic rings. The fraction of sp³-hybridized carbons (Fsp3) is 0.0755. The number of hydrogen-bond donors (Lipinski definition) is 0. The van der Waals surface area contributed by atoms with Crippen LogP contribution in [0.5, 0.6) is 11.5 Å². The monoisotopic (exact) mass is 731 g/mol. The maximum absolute atomic E-state index is 6.97. The molecule has 0 radical (unpaired) electrons. The topological polar surface area (TPSA) is 47.9 Å². The molecule has 0 saturated heterocycles. The lowest BCUT2D eigenvalue weighted by Gasteiger charge is -2.42. The first-order chi connectivity index (χ1) is 28.1. The lowest BCUT2D eigenvalue weighted by molar-refractivity contribution is 0.431. The van der Waals surface area contributed by atoms with Gasteiger partial charge >= 0.3 is 0 Å². The molecule has 8 aromatic rings. The van der Waals surface area contributed by atoms with E-state index >= 15 is 0 Å². The average Bonchev–Trinajstić information content (AvgIpc) is 3.56. The van der Waals surface area contributed by atoms with Crippen molar-refractivity contribution in [2.24, 2.45) is 5.92 Å². The van der Waals surface area contributed by atoms with Gasteiger partial charge in [-0.1, -0.05) is 183 Å². The predicted molar refractivity (Wildman–Crippen MR) is 230 cm³/mol. The summed E-state index contributed by atoms with van der Waals surface area (Å²) in [5.74, 6) is 4.23. The smallest absolute Gasteiger partial charge is 0.164 e. The van der Waals surface area contributed by atoms with Crippen molar-refractivity contribution in [2.45, 2.75) is 18.8 Å². The van der Waals surface area contributed by atoms with Gasteiger partial charge in [0, 0.05) is 33.4 Å². The summed E-state index contributed by atoms with van der Waals surface area (Å²) < 4.78 is 6.97. The maximum Gasteiger partial charge on any atom is 0.164 e. The van der Waals surface area contributed by atoms with E-state index in [1.165, 1.54) is 33.4 Å². The van der Waals surface area contributed by atoms with Crippen molar-refractivity contribution in [1.82, 2.24) is 15.0 Å². The number of hydrogen-bond acceptors (Lipinski definition) is 4. The van der Waals surface area contributed by atoms with Gasteiger partial charge in [-0.25, -0.2) is 15.0 Å². The third kappa shape index (κ3) is 5.32. The molecule has 0 saturated carbocycles. The van der Waals surface area contributed by atoms with Crippen molar-refractivity contribution in [2.75, 3.05) is 0 Å². The Balaban J connectivity index is 0.998. The van der Waals surface area contributed by atoms with Crippen molar-refractivity contribution < 1.29 is 4.74 Å². The summed E-state index contributed by atoms with van der Waals surface area (Å²) in [6.45, 7) is 2.32. The number of ether oxygens (including phenoxy) is 1. The van der Waals surface area contributed by atoms with Gasteiger partial charge in [0.25, 0.3) is 0 Å². The molecule has 270 valence electrons. The Morgan fingerprint density at radius 2 is 1.02 bits per heavy atom. The van der Waals surface area contributed by atoms with Crippen LogP contribution in [0.15, 0.2) is 194 Å². The first kappa shape index (κ1) is 33.2. The van der Waals surface area contributed by atoms with Crippen LogP contribution >= 0.6 is 0 Å². The van der Waals surface area contributed by atoms with Crippen molar-refractivity contribution in [1.29, 1.82) is 0 Å². The highest BCUT2D eigenvalue weighted by Gasteiger charge is 2.52. The summed E-state index contributed by atoms with van der Waals surface area (Å²) in [5.41, 5.74) is 14.7. The largest absolute Gasteiger partial charge is 0.456 e. The summed E-state index contributed by atoms with van der Waals surface area (Å²) in [7, 11) is 0. The molecule has 1 aromatic heterocycles. The van der Waals surface area contributed by atoms with E-state index < -0.39 is 5.41 Å². The molecule has 11 rings (SSSR count). The molecule has 0 fully saturated rings. The molecule has 2 atom stereocenters. The summed E-state index contributed by atoms with van der Waals surface area (Å²) >= 11 is 0. The van der Waals surface area contributed by atoms with Gasteiger partial charge in [-0.2, -0.15) is 0 Å². The second-order valence-electron chi connectivity index (χ2n) is 15.2. The molecule has 0 N–H and O–H groups in total. The molecule has 0 amide bonds. The number of allylic oxidation sites excluding steroid dienone is 4. The SMILES string of the molecule is CC1C=CC2=C(C1)C1(c3ccccc3Oc3c(-c4ccc(-c5cccc(-c6nc(-c7ccccc7)nc(-c7ccccc7)n6)c5)cc4)cccc31)c1ccccc12. The third-order valence-corrected chi connectivity index (χ3v) is 11.8. The zero-order valence-electron chi connectivity index (χ0n) is 31.4. The molecule has 4 heteroatoms. The van der Waals surface area contributed by atoms with Crippen molar-refractivity contribution in [3.8, 4) is 67.9 Å². The number of nitrogens with zero attached hydrogens (tertiary/aromatic N) is 3. The van der Waals surface area contributed by atoms with Crippen LogP contribution in [0.2, 0.25) is 0 Å². The van der Waals surface area contributed by atoms with Gasteiger partial charge in [-0.3, -0.25) is 0 Å². The zero-order valence-corrected chi connectivity index (χ0v) is 31.4. The van der Waals surface area contributed by atoms with Gasteiger partial charge in [0.05, 0.1) is 5.41 Å². The molecule has 1 aliphatic heterocycles.